The monoisotopic (exact) mass is 1130 g/mol. The quantitative estimate of drug-likeness (QED) is 0.0120. The lowest BCUT2D eigenvalue weighted by Gasteiger charge is -2.28. The van der Waals surface area contributed by atoms with Crippen LogP contribution in [0.25, 0.3) is 0 Å². The number of hydrogen-bond acceptors (Lipinski definition) is 17. The molecule has 0 bridgehead atoms. The summed E-state index contributed by atoms with van der Waals surface area (Å²) in [7, 11) is 0. The Bertz CT molecular complexity index is 2510. The lowest BCUT2D eigenvalue weighted by atomic mass is 10.0. The highest BCUT2D eigenvalue weighted by molar-refractivity contribution is 7.98. The average Bonchev–Trinajstić information content (AvgIpc) is 3.40. The van der Waals surface area contributed by atoms with Gasteiger partial charge in [-0.2, -0.15) is 24.4 Å². The van der Waals surface area contributed by atoms with Gasteiger partial charge in [-0.15, -0.1) is 0 Å². The van der Waals surface area contributed by atoms with Crippen LogP contribution in [0.5, 0.6) is 11.5 Å². The van der Waals surface area contributed by atoms with E-state index in [4.69, 9.17) is 17.2 Å². The molecule has 0 aliphatic heterocycles. The summed E-state index contributed by atoms with van der Waals surface area (Å²) in [4.78, 5) is 125. The van der Waals surface area contributed by atoms with Crippen molar-refractivity contribution in [3.05, 3.63) is 95.6 Å². The molecule has 3 aromatic carbocycles. The average molecular weight is 1130 g/mol. The first-order valence-corrected chi connectivity index (χ1v) is 26.5. The number of carboxylic acids is 1. The number of guanidine groups is 1. The van der Waals surface area contributed by atoms with Crippen LogP contribution in [-0.2, 0) is 62.4 Å². The van der Waals surface area contributed by atoms with Crippen LogP contribution >= 0.6 is 24.4 Å². The molecule has 0 aliphatic carbocycles. The van der Waals surface area contributed by atoms with Crippen LogP contribution in [0.3, 0.4) is 0 Å². The van der Waals surface area contributed by atoms with E-state index >= 15 is 0 Å². The van der Waals surface area contributed by atoms with Gasteiger partial charge in [0, 0.05) is 25.1 Å². The number of rotatable bonds is 33. The molecule has 19 N–H and O–H groups in total. The van der Waals surface area contributed by atoms with E-state index in [0.717, 1.165) is 6.92 Å². The molecule has 26 nitrogen and oxygen atoms in total. The number of aliphatic hydroxyl groups excluding tert-OH is 2. The zero-order valence-electron chi connectivity index (χ0n) is 42.9. The predicted molar refractivity (Wildman–Crippen MR) is 291 cm³/mol. The first-order valence-electron chi connectivity index (χ1n) is 24.5. The SMILES string of the molecule is CSCC[C@H](NC(=O)CNC(=O)[C@@H](N)Cc1ccc(O)cc1)C(=O)N[C@H](C(=O)N[C@@H](CO)C(=O)N[C@@H](CCCN=C(N)N)C(=O)N[C@@H](Cc1ccc(O)cc1)C(=O)N[C@@H](Cc1ccccc1)C(=O)N[C@@H](CS)C(=O)O)[C@@H](C)O. The number of aliphatic carboxylic acids is 1. The van der Waals surface area contributed by atoms with E-state index in [1.807, 2.05) is 0 Å². The molecule has 0 aromatic heterocycles. The summed E-state index contributed by atoms with van der Waals surface area (Å²) in [6.07, 6.45) is -0.312. The van der Waals surface area contributed by atoms with E-state index in [1.54, 1.807) is 48.7 Å². The van der Waals surface area contributed by atoms with Gasteiger partial charge in [-0.25, -0.2) is 4.79 Å². The van der Waals surface area contributed by atoms with Gasteiger partial charge < -0.3 is 85.3 Å². The zero-order valence-corrected chi connectivity index (χ0v) is 44.6. The molecule has 3 rings (SSSR count). The van der Waals surface area contributed by atoms with E-state index in [0.29, 0.717) is 22.4 Å². The Morgan fingerprint density at radius 2 is 1.06 bits per heavy atom. The lowest BCUT2D eigenvalue weighted by molar-refractivity contribution is -0.141. The maximum absolute atomic E-state index is 14.3. The van der Waals surface area contributed by atoms with Crippen molar-refractivity contribution in [1.82, 2.24) is 42.5 Å². The van der Waals surface area contributed by atoms with E-state index in [1.165, 1.54) is 48.2 Å². The number of phenols is 2. The fourth-order valence-corrected chi connectivity index (χ4v) is 8.04. The second-order valence-electron chi connectivity index (χ2n) is 17.8. The summed E-state index contributed by atoms with van der Waals surface area (Å²) in [5, 5.41) is 69.6. The standard InChI is InChI=1S/C50H70N12O14S2/c1-27(64)41(62-44(70)35(18-20-78-2)56-40(67)24-55-42(68)33(51)21-29-10-14-31(65)15-11-29)48(74)60-38(25-63)47(73)57-34(9-6-19-54-50(52)53)43(69)58-37(23-30-12-16-32(66)17-13-30)45(71)59-36(22-28-7-4-3-5-8-28)46(72)61-39(26-77)49(75)76/h3-5,7-8,10-17,27,33-39,41,63-66,77H,6,9,18-26,51H2,1-2H3,(H,55,68)(H,56,67)(H,57,73)(H,58,69)(H,59,71)(H,60,74)(H,61,72)(H,62,70)(H,75,76)(H4,52,53,54)/t27-,33+,34+,35+,36+,37+,38+,39+,41+/m1/s1. The topological polar surface area (TPSA) is 441 Å². The van der Waals surface area contributed by atoms with Gasteiger partial charge in [-0.1, -0.05) is 54.6 Å². The fraction of sp³-hybridized carbons (Fsp3) is 0.440. The Morgan fingerprint density at radius 3 is 1.56 bits per heavy atom. The number of carboxylic acid groups (broad SMARTS) is 1. The first kappa shape index (κ1) is 64.6. The van der Waals surface area contributed by atoms with E-state index in [9.17, 15) is 68.7 Å². The normalized spacial score (nSPS) is 14.4. The number of phenolic OH excluding ortho intramolecular Hbond substituents is 2. The number of carbonyl (C=O) groups is 9. The number of hydrogen-bond donors (Lipinski definition) is 17. The molecular formula is C50H70N12O14S2. The second kappa shape index (κ2) is 33.5. The molecule has 0 saturated carbocycles. The van der Waals surface area contributed by atoms with Crippen LogP contribution in [-0.4, -0.2) is 177 Å². The number of amides is 8. The smallest absolute Gasteiger partial charge is 0.327 e. The molecule has 28 heteroatoms. The Hall–Kier alpha value is -7.66. The lowest BCUT2D eigenvalue weighted by Crippen LogP contribution is -2.62. The van der Waals surface area contributed by atoms with Crippen LogP contribution in [0.2, 0.25) is 0 Å². The molecule has 8 amide bonds. The van der Waals surface area contributed by atoms with Crippen LogP contribution < -0.4 is 59.7 Å². The molecule has 0 spiro atoms. The molecule has 0 fully saturated rings. The van der Waals surface area contributed by atoms with Crippen molar-refractivity contribution in [3.63, 3.8) is 0 Å². The molecule has 0 heterocycles. The minimum absolute atomic E-state index is 0.0246. The minimum atomic E-state index is -1.83. The zero-order chi connectivity index (χ0) is 57.9. The number of carbonyl (C=O) groups excluding carboxylic acids is 8. The van der Waals surface area contributed by atoms with Gasteiger partial charge in [0.15, 0.2) is 5.96 Å². The number of aromatic hydroxyl groups is 2. The minimum Gasteiger partial charge on any atom is -0.508 e. The summed E-state index contributed by atoms with van der Waals surface area (Å²) in [5.41, 5.74) is 18.6. The van der Waals surface area contributed by atoms with Gasteiger partial charge in [-0.3, -0.25) is 43.3 Å². The van der Waals surface area contributed by atoms with Gasteiger partial charge in [0.05, 0.1) is 25.3 Å². The molecule has 3 aromatic rings. The van der Waals surface area contributed by atoms with Gasteiger partial charge in [0.25, 0.3) is 0 Å². The number of benzene rings is 3. The number of aliphatic hydroxyl groups is 2. The summed E-state index contributed by atoms with van der Waals surface area (Å²) < 4.78 is 0. The van der Waals surface area contributed by atoms with Crippen molar-refractivity contribution in [2.45, 2.75) is 99.9 Å². The number of nitrogens with zero attached hydrogens (tertiary/aromatic N) is 1. The molecule has 0 unspecified atom stereocenters. The molecule has 0 aliphatic rings. The summed E-state index contributed by atoms with van der Waals surface area (Å²) in [5.74, 6) is -9.21. The molecule has 78 heavy (non-hydrogen) atoms. The molecular weight excluding hydrogens is 1060 g/mol. The molecule has 426 valence electrons. The fourth-order valence-electron chi connectivity index (χ4n) is 7.32. The maximum Gasteiger partial charge on any atom is 0.327 e. The molecule has 0 saturated heterocycles. The Balaban J connectivity index is 1.83. The first-order chi connectivity index (χ1) is 37.0. The van der Waals surface area contributed by atoms with Crippen LogP contribution in [0.15, 0.2) is 83.9 Å². The Labute approximate surface area is 459 Å². The van der Waals surface area contributed by atoms with Gasteiger partial charge in [0.1, 0.15) is 53.8 Å². The van der Waals surface area contributed by atoms with Crippen LogP contribution in [0.1, 0.15) is 42.9 Å². The van der Waals surface area contributed by atoms with Gasteiger partial charge >= 0.3 is 5.97 Å². The number of thioether (sulfide) groups is 1. The van der Waals surface area contributed by atoms with Crippen molar-refractivity contribution in [2.75, 3.05) is 37.5 Å². The third-order valence-electron chi connectivity index (χ3n) is 11.6. The highest BCUT2D eigenvalue weighted by atomic mass is 32.2. The van der Waals surface area contributed by atoms with Gasteiger partial charge in [-0.05, 0) is 85.6 Å². The van der Waals surface area contributed by atoms with E-state index in [-0.39, 0.29) is 68.3 Å². The van der Waals surface area contributed by atoms with E-state index < -0.39 is 121 Å². The van der Waals surface area contributed by atoms with Gasteiger partial charge in [0.2, 0.25) is 47.3 Å². The highest BCUT2D eigenvalue weighted by Crippen LogP contribution is 2.14. The second-order valence-corrected chi connectivity index (χ2v) is 19.2. The number of thiol groups is 1. The van der Waals surface area contributed by atoms with Crippen molar-refractivity contribution in [3.8, 4) is 11.5 Å². The largest absolute Gasteiger partial charge is 0.508 e. The predicted octanol–water partition coefficient (Wildman–Crippen LogP) is -3.84. The Morgan fingerprint density at radius 1 is 0.603 bits per heavy atom. The van der Waals surface area contributed by atoms with Crippen molar-refractivity contribution in [1.29, 1.82) is 0 Å². The maximum atomic E-state index is 14.3. The molecule has 9 atom stereocenters. The number of aliphatic imine (C=N–C) groups is 1. The summed E-state index contributed by atoms with van der Waals surface area (Å²) in [6, 6.07) is 8.19. The van der Waals surface area contributed by atoms with Crippen molar-refractivity contribution in [2.24, 2.45) is 22.2 Å². The molecule has 0 radical (unpaired) electrons. The Kier molecular flexibility index (Phi) is 27.7. The van der Waals surface area contributed by atoms with Crippen molar-refractivity contribution < 1.29 is 68.7 Å². The number of nitrogens with one attached hydrogen (secondary N) is 8. The van der Waals surface area contributed by atoms with Crippen LogP contribution in [0.4, 0.5) is 0 Å². The highest BCUT2D eigenvalue weighted by Gasteiger charge is 2.35. The third kappa shape index (κ3) is 22.9. The van der Waals surface area contributed by atoms with E-state index in [2.05, 4.69) is 60.2 Å². The van der Waals surface area contributed by atoms with Crippen LogP contribution in [0, 0.1) is 0 Å². The summed E-state index contributed by atoms with van der Waals surface area (Å²) >= 11 is 5.34. The summed E-state index contributed by atoms with van der Waals surface area (Å²) in [6.45, 7) is -0.556. The number of nitrogens with two attached hydrogens (primary N) is 3. The van der Waals surface area contributed by atoms with Crippen molar-refractivity contribution >= 4 is 83.6 Å². The third-order valence-corrected chi connectivity index (χ3v) is 12.6.